The summed E-state index contributed by atoms with van der Waals surface area (Å²) in [4.78, 5) is 8.89. The van der Waals surface area contributed by atoms with Crippen LogP contribution >= 0.6 is 0 Å². The molecule has 0 bridgehead atoms. The molecule has 0 atom stereocenters. The molecule has 2 aromatic heterocycles. The standard InChI is InChI=1S/C26H27FN4O5S2/c1-5-37(32,33)20-9-6-16(7-10-20)21-13-18-12-17(8-11-22(18)30-24(21)28)19-14-23(25(36-4)29-15-19)31-38(34,35)26(2,3)27/h6-15,31H,5H2,1-4H3,(H2,28,30). The number of benzene rings is 2. The lowest BCUT2D eigenvalue weighted by Gasteiger charge is -2.18. The first-order chi connectivity index (χ1) is 17.8. The van der Waals surface area contributed by atoms with Crippen LogP contribution in [0.1, 0.15) is 20.8 Å². The van der Waals surface area contributed by atoms with Crippen molar-refractivity contribution >= 4 is 42.3 Å². The maximum atomic E-state index is 14.2. The highest BCUT2D eigenvalue weighted by atomic mass is 32.2. The first-order valence-electron chi connectivity index (χ1n) is 11.5. The van der Waals surface area contributed by atoms with Crippen LogP contribution in [-0.4, -0.2) is 44.7 Å². The van der Waals surface area contributed by atoms with E-state index in [2.05, 4.69) is 14.7 Å². The number of sulfone groups is 1. The highest BCUT2D eigenvalue weighted by Gasteiger charge is 2.35. The van der Waals surface area contributed by atoms with Crippen LogP contribution in [0.25, 0.3) is 33.2 Å². The number of sulfonamides is 1. The summed E-state index contributed by atoms with van der Waals surface area (Å²) in [7, 11) is -6.37. The lowest BCUT2D eigenvalue weighted by Crippen LogP contribution is -2.32. The summed E-state index contributed by atoms with van der Waals surface area (Å²) in [6.07, 6.45) is 1.51. The number of alkyl halides is 1. The Kier molecular flexibility index (Phi) is 7.06. The van der Waals surface area contributed by atoms with Gasteiger partial charge in [0.15, 0.2) is 9.84 Å². The van der Waals surface area contributed by atoms with Crippen molar-refractivity contribution < 1.29 is 26.0 Å². The summed E-state index contributed by atoms with van der Waals surface area (Å²) in [5, 5.41) is -1.79. The van der Waals surface area contributed by atoms with Crippen molar-refractivity contribution in [2.24, 2.45) is 0 Å². The Balaban J connectivity index is 1.76. The topological polar surface area (TPSA) is 141 Å². The first kappa shape index (κ1) is 27.3. The molecule has 200 valence electrons. The fourth-order valence-corrected chi connectivity index (χ4v) is 5.29. The second kappa shape index (κ2) is 9.84. The van der Waals surface area contributed by atoms with Gasteiger partial charge in [-0.25, -0.2) is 31.2 Å². The van der Waals surface area contributed by atoms with E-state index in [1.165, 1.54) is 19.4 Å². The molecule has 2 heterocycles. The fourth-order valence-electron chi connectivity index (χ4n) is 3.72. The van der Waals surface area contributed by atoms with E-state index in [0.29, 0.717) is 27.8 Å². The quantitative estimate of drug-likeness (QED) is 0.314. The van der Waals surface area contributed by atoms with Crippen LogP contribution in [0.3, 0.4) is 0 Å². The number of nitrogens with zero attached hydrogens (tertiary/aromatic N) is 2. The Morgan fingerprint density at radius 3 is 2.24 bits per heavy atom. The molecule has 2 aromatic carbocycles. The van der Waals surface area contributed by atoms with E-state index in [9.17, 15) is 21.2 Å². The maximum absolute atomic E-state index is 14.2. The number of fused-ring (bicyclic) bond motifs is 1. The van der Waals surface area contributed by atoms with E-state index in [1.807, 2.05) is 12.1 Å². The number of hydrogen-bond donors (Lipinski definition) is 2. The number of anilines is 2. The number of nitrogen functional groups attached to an aromatic ring is 1. The summed E-state index contributed by atoms with van der Waals surface area (Å²) in [5.74, 6) is 0.282. The predicted octanol–water partition coefficient (Wildman–Crippen LogP) is 4.80. The van der Waals surface area contributed by atoms with Gasteiger partial charge in [0.2, 0.25) is 10.9 Å². The molecule has 0 saturated carbocycles. The van der Waals surface area contributed by atoms with Crippen molar-refractivity contribution in [3.05, 3.63) is 60.8 Å². The minimum absolute atomic E-state index is 0.00368. The van der Waals surface area contributed by atoms with Crippen LogP contribution in [0.4, 0.5) is 15.9 Å². The number of aromatic nitrogens is 2. The van der Waals surface area contributed by atoms with E-state index in [4.69, 9.17) is 10.5 Å². The third kappa shape index (κ3) is 5.27. The Morgan fingerprint density at radius 1 is 0.974 bits per heavy atom. The molecule has 0 radical (unpaired) electrons. The van der Waals surface area contributed by atoms with Gasteiger partial charge in [0.25, 0.3) is 10.0 Å². The lowest BCUT2D eigenvalue weighted by molar-refractivity contribution is 0.321. The van der Waals surface area contributed by atoms with Crippen molar-refractivity contribution in [2.45, 2.75) is 30.7 Å². The predicted molar refractivity (Wildman–Crippen MR) is 147 cm³/mol. The number of ether oxygens (including phenoxy) is 1. The Hall–Kier alpha value is -3.77. The molecule has 38 heavy (non-hydrogen) atoms. The van der Waals surface area contributed by atoms with Crippen molar-refractivity contribution in [1.29, 1.82) is 0 Å². The molecule has 0 aliphatic heterocycles. The van der Waals surface area contributed by atoms with E-state index < -0.39 is 24.9 Å². The van der Waals surface area contributed by atoms with Crippen LogP contribution < -0.4 is 15.2 Å². The average molecular weight is 559 g/mol. The van der Waals surface area contributed by atoms with Crippen molar-refractivity contribution in [3.63, 3.8) is 0 Å². The summed E-state index contributed by atoms with van der Waals surface area (Å²) < 4.78 is 70.7. The molecule has 0 aliphatic carbocycles. The molecular formula is C26H27FN4O5S2. The number of hydrogen-bond acceptors (Lipinski definition) is 8. The lowest BCUT2D eigenvalue weighted by atomic mass is 10.0. The van der Waals surface area contributed by atoms with Crippen molar-refractivity contribution in [1.82, 2.24) is 9.97 Å². The zero-order valence-corrected chi connectivity index (χ0v) is 22.8. The van der Waals surface area contributed by atoms with E-state index in [1.54, 1.807) is 43.3 Å². The molecule has 9 nitrogen and oxygen atoms in total. The molecule has 0 spiro atoms. The highest BCUT2D eigenvalue weighted by molar-refractivity contribution is 7.93. The van der Waals surface area contributed by atoms with Gasteiger partial charge in [0.05, 0.1) is 23.3 Å². The summed E-state index contributed by atoms with van der Waals surface area (Å²) in [6.45, 7) is 3.47. The van der Waals surface area contributed by atoms with Gasteiger partial charge in [-0.2, -0.15) is 0 Å². The fraction of sp³-hybridized carbons (Fsp3) is 0.231. The van der Waals surface area contributed by atoms with Gasteiger partial charge in [-0.05, 0) is 61.4 Å². The maximum Gasteiger partial charge on any atom is 0.267 e. The molecule has 0 aliphatic rings. The average Bonchev–Trinajstić information content (AvgIpc) is 2.87. The number of halogens is 1. The van der Waals surface area contributed by atoms with Crippen LogP contribution in [0.15, 0.2) is 65.7 Å². The number of nitrogens with one attached hydrogen (secondary N) is 1. The minimum atomic E-state index is -4.37. The number of nitrogens with two attached hydrogens (primary N) is 1. The van der Waals surface area contributed by atoms with Gasteiger partial charge >= 0.3 is 0 Å². The smallest absolute Gasteiger partial charge is 0.267 e. The SMILES string of the molecule is CCS(=O)(=O)c1ccc(-c2cc3cc(-c4cnc(OC)c(NS(=O)(=O)C(C)(C)F)c4)ccc3nc2N)cc1. The number of rotatable bonds is 8. The summed E-state index contributed by atoms with van der Waals surface area (Å²) >= 11 is 0. The zero-order valence-electron chi connectivity index (χ0n) is 21.2. The van der Waals surface area contributed by atoms with Gasteiger partial charge < -0.3 is 10.5 Å². The zero-order chi connectivity index (χ0) is 27.9. The molecule has 12 heteroatoms. The van der Waals surface area contributed by atoms with Crippen LogP contribution in [0, 0.1) is 0 Å². The van der Waals surface area contributed by atoms with Gasteiger partial charge in [0.1, 0.15) is 11.5 Å². The van der Waals surface area contributed by atoms with E-state index in [-0.39, 0.29) is 28.0 Å². The molecule has 0 saturated heterocycles. The molecule has 3 N–H and O–H groups in total. The van der Waals surface area contributed by atoms with Crippen LogP contribution in [0.5, 0.6) is 5.88 Å². The Labute approximate surface area is 220 Å². The molecular weight excluding hydrogens is 531 g/mol. The number of pyridine rings is 2. The van der Waals surface area contributed by atoms with Gasteiger partial charge in [-0.3, -0.25) is 4.72 Å². The van der Waals surface area contributed by atoms with Gasteiger partial charge in [0, 0.05) is 22.7 Å². The summed E-state index contributed by atoms with van der Waals surface area (Å²) in [5.41, 5.74) is 9.40. The molecule has 4 aromatic rings. The Bertz CT molecular complexity index is 1730. The molecule has 0 unspecified atom stereocenters. The van der Waals surface area contributed by atoms with Gasteiger partial charge in [-0.1, -0.05) is 25.1 Å². The second-order valence-corrected chi connectivity index (χ2v) is 13.5. The first-order valence-corrected chi connectivity index (χ1v) is 14.7. The Morgan fingerprint density at radius 2 is 1.63 bits per heavy atom. The molecule has 4 rings (SSSR count). The monoisotopic (exact) mass is 558 g/mol. The van der Waals surface area contributed by atoms with Crippen molar-refractivity contribution in [2.75, 3.05) is 23.3 Å². The molecule has 0 fully saturated rings. The summed E-state index contributed by atoms with van der Waals surface area (Å²) in [6, 6.07) is 15.2. The normalized spacial score (nSPS) is 12.4. The highest BCUT2D eigenvalue weighted by Crippen LogP contribution is 2.34. The molecule has 0 amide bonds. The minimum Gasteiger partial charge on any atom is -0.480 e. The van der Waals surface area contributed by atoms with E-state index in [0.717, 1.165) is 19.2 Å². The third-order valence-corrected chi connectivity index (χ3v) is 9.53. The van der Waals surface area contributed by atoms with Crippen LogP contribution in [-0.2, 0) is 19.9 Å². The second-order valence-electron chi connectivity index (χ2n) is 9.01. The third-order valence-electron chi connectivity index (χ3n) is 6.01. The van der Waals surface area contributed by atoms with Gasteiger partial charge in [-0.15, -0.1) is 0 Å². The largest absolute Gasteiger partial charge is 0.480 e. The van der Waals surface area contributed by atoms with E-state index >= 15 is 0 Å². The van der Waals surface area contributed by atoms with Crippen molar-refractivity contribution in [3.8, 4) is 28.1 Å². The number of methoxy groups -OCH3 is 1. The van der Waals surface area contributed by atoms with Crippen LogP contribution in [0.2, 0.25) is 0 Å².